The smallest absolute Gasteiger partial charge is 0.237 e. The lowest BCUT2D eigenvalue weighted by molar-refractivity contribution is -0.149. The Hall–Kier alpha value is -1.91. The predicted octanol–water partition coefficient (Wildman–Crippen LogP) is 1.74. The number of likely N-dealkylation sites (tertiary alicyclic amines) is 1. The van der Waals surface area contributed by atoms with Crippen LogP contribution in [-0.4, -0.2) is 34.8 Å². The highest BCUT2D eigenvalue weighted by Crippen LogP contribution is 2.22. The van der Waals surface area contributed by atoms with Crippen LogP contribution >= 0.6 is 0 Å². The molecule has 0 saturated carbocycles. The van der Waals surface area contributed by atoms with Gasteiger partial charge in [-0.25, -0.2) is 0 Å². The molecule has 1 saturated heterocycles. The van der Waals surface area contributed by atoms with Gasteiger partial charge in [0.1, 0.15) is 5.41 Å². The molecule has 0 aliphatic carbocycles. The molecule has 2 amide bonds. The average molecular weight is 289 g/mol. The molecule has 1 aliphatic heterocycles. The predicted molar refractivity (Wildman–Crippen MR) is 80.3 cm³/mol. The Bertz CT molecular complexity index is 494. The minimum absolute atomic E-state index is 0.0827. The van der Waals surface area contributed by atoms with E-state index in [9.17, 15) is 9.59 Å². The first-order valence-corrected chi connectivity index (χ1v) is 7.49. The fraction of sp³-hybridized carbons (Fsp3) is 0.562. The summed E-state index contributed by atoms with van der Waals surface area (Å²) in [4.78, 5) is 30.8. The molecule has 0 unspecified atom stereocenters. The topological polar surface area (TPSA) is 62.3 Å². The Morgan fingerprint density at radius 3 is 2.57 bits per heavy atom. The third-order valence-electron chi connectivity index (χ3n) is 3.90. The molecule has 1 aliphatic rings. The first-order valence-electron chi connectivity index (χ1n) is 7.49. The van der Waals surface area contributed by atoms with Gasteiger partial charge < -0.3 is 10.2 Å². The van der Waals surface area contributed by atoms with Crippen LogP contribution in [0.3, 0.4) is 0 Å². The molecule has 0 atom stereocenters. The van der Waals surface area contributed by atoms with Gasteiger partial charge in [0.05, 0.1) is 12.2 Å². The molecule has 114 valence electrons. The number of hydrogen-bond acceptors (Lipinski definition) is 3. The Morgan fingerprint density at radius 2 is 1.95 bits per heavy atom. The van der Waals surface area contributed by atoms with Crippen LogP contribution in [0, 0.1) is 5.41 Å². The fourth-order valence-corrected chi connectivity index (χ4v) is 2.48. The molecule has 0 bridgehead atoms. The third kappa shape index (κ3) is 3.80. The minimum atomic E-state index is -1.04. The Kier molecular flexibility index (Phi) is 4.94. The van der Waals surface area contributed by atoms with E-state index in [0.717, 1.165) is 38.0 Å². The number of nitrogens with one attached hydrogen (secondary N) is 1. The molecular weight excluding hydrogens is 266 g/mol. The second kappa shape index (κ2) is 6.70. The molecule has 0 aromatic carbocycles. The van der Waals surface area contributed by atoms with E-state index < -0.39 is 5.41 Å². The number of rotatable bonds is 4. The maximum atomic E-state index is 12.5. The summed E-state index contributed by atoms with van der Waals surface area (Å²) in [5, 5.41) is 2.81. The second-order valence-electron chi connectivity index (χ2n) is 5.98. The van der Waals surface area contributed by atoms with Crippen molar-refractivity contribution in [3.8, 4) is 0 Å². The zero-order valence-electron chi connectivity index (χ0n) is 12.8. The molecular formula is C16H23N3O2. The maximum Gasteiger partial charge on any atom is 0.237 e. The van der Waals surface area contributed by atoms with Crippen LogP contribution in [0.15, 0.2) is 24.4 Å². The number of amides is 2. The molecule has 21 heavy (non-hydrogen) atoms. The Balaban J connectivity index is 1.94. The normalized spacial score (nSPS) is 15.6. The quantitative estimate of drug-likeness (QED) is 0.859. The van der Waals surface area contributed by atoms with Crippen molar-refractivity contribution in [2.45, 2.75) is 39.7 Å². The van der Waals surface area contributed by atoms with E-state index in [1.165, 1.54) is 0 Å². The Labute approximate surface area is 125 Å². The highest BCUT2D eigenvalue weighted by atomic mass is 16.2. The van der Waals surface area contributed by atoms with Gasteiger partial charge in [0.15, 0.2) is 0 Å². The molecule has 1 aromatic rings. The van der Waals surface area contributed by atoms with E-state index in [4.69, 9.17) is 0 Å². The van der Waals surface area contributed by atoms with E-state index in [1.807, 2.05) is 23.1 Å². The lowest BCUT2D eigenvalue weighted by Crippen LogP contribution is -2.50. The van der Waals surface area contributed by atoms with Gasteiger partial charge in [0.2, 0.25) is 11.8 Å². The van der Waals surface area contributed by atoms with Gasteiger partial charge in [-0.05, 0) is 45.2 Å². The number of nitrogens with zero attached hydrogens (tertiary/aromatic N) is 2. The lowest BCUT2D eigenvalue weighted by Gasteiger charge is -2.33. The monoisotopic (exact) mass is 289 g/mol. The summed E-state index contributed by atoms with van der Waals surface area (Å²) in [7, 11) is 0. The molecule has 2 heterocycles. The maximum absolute atomic E-state index is 12.5. The van der Waals surface area contributed by atoms with Gasteiger partial charge in [0, 0.05) is 19.3 Å². The molecule has 0 radical (unpaired) electrons. The van der Waals surface area contributed by atoms with E-state index >= 15 is 0 Å². The molecule has 1 fully saturated rings. The van der Waals surface area contributed by atoms with Gasteiger partial charge in [-0.3, -0.25) is 14.6 Å². The van der Waals surface area contributed by atoms with Crippen LogP contribution in [-0.2, 0) is 16.1 Å². The Morgan fingerprint density at radius 1 is 1.24 bits per heavy atom. The van der Waals surface area contributed by atoms with Gasteiger partial charge in [0.25, 0.3) is 0 Å². The van der Waals surface area contributed by atoms with Gasteiger partial charge in [-0.2, -0.15) is 0 Å². The van der Waals surface area contributed by atoms with Crippen molar-refractivity contribution in [2.75, 3.05) is 13.1 Å². The van der Waals surface area contributed by atoms with Crippen molar-refractivity contribution >= 4 is 11.8 Å². The summed E-state index contributed by atoms with van der Waals surface area (Å²) in [5.41, 5.74) is -0.251. The standard InChI is InChI=1S/C16H23N3O2/c1-16(2,15(21)19-10-6-3-7-11-19)14(20)18-12-13-8-4-5-9-17-13/h4-5,8-9H,3,6-7,10-12H2,1-2H3,(H,18,20). The highest BCUT2D eigenvalue weighted by molar-refractivity contribution is 6.04. The zero-order chi connectivity index (χ0) is 15.3. The van der Waals surface area contributed by atoms with Crippen molar-refractivity contribution in [1.29, 1.82) is 0 Å². The summed E-state index contributed by atoms with van der Waals surface area (Å²) < 4.78 is 0. The van der Waals surface area contributed by atoms with Crippen molar-refractivity contribution in [3.63, 3.8) is 0 Å². The molecule has 0 spiro atoms. The second-order valence-corrected chi connectivity index (χ2v) is 5.98. The molecule has 5 heteroatoms. The van der Waals surface area contributed by atoms with Crippen LogP contribution in [0.5, 0.6) is 0 Å². The summed E-state index contributed by atoms with van der Waals surface area (Å²) in [6.07, 6.45) is 4.90. The van der Waals surface area contributed by atoms with E-state index in [0.29, 0.717) is 6.54 Å². The summed E-state index contributed by atoms with van der Waals surface area (Å²) in [5.74, 6) is -0.329. The van der Waals surface area contributed by atoms with Crippen LogP contribution in [0.1, 0.15) is 38.8 Å². The largest absolute Gasteiger partial charge is 0.350 e. The first-order chi connectivity index (χ1) is 10.0. The number of pyridine rings is 1. The highest BCUT2D eigenvalue weighted by Gasteiger charge is 2.39. The number of piperidine rings is 1. The number of carbonyl (C=O) groups excluding carboxylic acids is 2. The summed E-state index contributed by atoms with van der Waals surface area (Å²) >= 11 is 0. The molecule has 1 aromatic heterocycles. The number of aromatic nitrogens is 1. The van der Waals surface area contributed by atoms with E-state index in [2.05, 4.69) is 10.3 Å². The van der Waals surface area contributed by atoms with Crippen molar-refractivity contribution < 1.29 is 9.59 Å². The molecule has 5 nitrogen and oxygen atoms in total. The zero-order valence-corrected chi connectivity index (χ0v) is 12.8. The number of carbonyl (C=O) groups is 2. The summed E-state index contributed by atoms with van der Waals surface area (Å²) in [6.45, 7) is 5.25. The minimum Gasteiger partial charge on any atom is -0.350 e. The van der Waals surface area contributed by atoms with Gasteiger partial charge in [-0.1, -0.05) is 6.07 Å². The molecule has 2 rings (SSSR count). The third-order valence-corrected chi connectivity index (χ3v) is 3.90. The van der Waals surface area contributed by atoms with Crippen LogP contribution < -0.4 is 5.32 Å². The van der Waals surface area contributed by atoms with Crippen LogP contribution in [0.2, 0.25) is 0 Å². The van der Waals surface area contributed by atoms with Crippen molar-refractivity contribution in [3.05, 3.63) is 30.1 Å². The van der Waals surface area contributed by atoms with Crippen molar-refractivity contribution in [1.82, 2.24) is 15.2 Å². The van der Waals surface area contributed by atoms with E-state index in [1.54, 1.807) is 20.0 Å². The van der Waals surface area contributed by atoms with Gasteiger partial charge in [-0.15, -0.1) is 0 Å². The van der Waals surface area contributed by atoms with Gasteiger partial charge >= 0.3 is 0 Å². The lowest BCUT2D eigenvalue weighted by atomic mass is 9.89. The average Bonchev–Trinajstić information content (AvgIpc) is 2.53. The van der Waals surface area contributed by atoms with Crippen LogP contribution in [0.4, 0.5) is 0 Å². The first kappa shape index (κ1) is 15.5. The van der Waals surface area contributed by atoms with Crippen LogP contribution in [0.25, 0.3) is 0 Å². The molecule has 1 N–H and O–H groups in total. The fourth-order valence-electron chi connectivity index (χ4n) is 2.48. The SMILES string of the molecule is CC(C)(C(=O)NCc1ccccn1)C(=O)N1CCCCC1. The summed E-state index contributed by atoms with van der Waals surface area (Å²) in [6, 6.07) is 5.55. The van der Waals surface area contributed by atoms with Crippen molar-refractivity contribution in [2.24, 2.45) is 5.41 Å². The number of hydrogen-bond donors (Lipinski definition) is 1. The van der Waals surface area contributed by atoms with E-state index in [-0.39, 0.29) is 11.8 Å².